The van der Waals surface area contributed by atoms with Crippen LogP contribution in [-0.4, -0.2) is 34.5 Å². The Labute approximate surface area is 115 Å². The Hall–Kier alpha value is -0.940. The van der Waals surface area contributed by atoms with Crippen molar-refractivity contribution in [1.82, 2.24) is 10.6 Å². The zero-order valence-electron chi connectivity index (χ0n) is 12.6. The average molecular weight is 269 g/mol. The molecule has 0 heterocycles. The number of hydrogen-bond donors (Lipinski definition) is 4. The van der Waals surface area contributed by atoms with Gasteiger partial charge in [-0.15, -0.1) is 0 Å². The molecule has 4 N–H and O–H groups in total. The summed E-state index contributed by atoms with van der Waals surface area (Å²) in [5.74, 6) is -0.149. The van der Waals surface area contributed by atoms with Gasteiger partial charge in [-0.25, -0.2) is 0 Å². The average Bonchev–Trinajstić information content (AvgIpc) is 2.98. The summed E-state index contributed by atoms with van der Waals surface area (Å²) in [6.45, 7) is 9.35. The maximum absolute atomic E-state index is 12.1. The number of carbonyl (C=O) groups is 1. The van der Waals surface area contributed by atoms with Crippen molar-refractivity contribution >= 4 is 11.7 Å². The summed E-state index contributed by atoms with van der Waals surface area (Å²) in [6, 6.07) is 0.426. The third-order valence-electron chi connectivity index (χ3n) is 3.37. The second kappa shape index (κ2) is 5.59. The summed E-state index contributed by atoms with van der Waals surface area (Å²) >= 11 is 0. The van der Waals surface area contributed by atoms with Crippen LogP contribution in [0.25, 0.3) is 0 Å². The molecule has 1 aliphatic carbocycles. The molecular weight excluding hydrogens is 242 g/mol. The molecule has 0 radical (unpaired) electrons. The first-order chi connectivity index (χ1) is 8.52. The lowest BCUT2D eigenvalue weighted by molar-refractivity contribution is -0.125. The topological polar surface area (TPSA) is 85.2 Å². The van der Waals surface area contributed by atoms with Crippen molar-refractivity contribution in [2.24, 2.45) is 5.41 Å². The number of aliphatic hydroxyl groups is 1. The molecule has 0 aromatic carbocycles. The summed E-state index contributed by atoms with van der Waals surface area (Å²) in [4.78, 5) is 12.1. The molecule has 1 aliphatic rings. The van der Waals surface area contributed by atoms with Gasteiger partial charge in [0.1, 0.15) is 5.84 Å². The monoisotopic (exact) mass is 269 g/mol. The SMILES string of the molecule is CC(C)(NC1CC1)C(=O)NC(=N)CC(O)C(C)(C)C. The molecule has 5 heteroatoms. The minimum atomic E-state index is -0.680. The molecular formula is C14H27N3O2. The van der Waals surface area contributed by atoms with E-state index in [1.165, 1.54) is 0 Å². The Morgan fingerprint density at radius 3 is 2.26 bits per heavy atom. The zero-order chi connectivity index (χ0) is 14.8. The van der Waals surface area contributed by atoms with Crippen LogP contribution in [0.15, 0.2) is 0 Å². The van der Waals surface area contributed by atoms with Crippen LogP contribution in [0.2, 0.25) is 0 Å². The first-order valence-corrected chi connectivity index (χ1v) is 6.87. The molecule has 0 bridgehead atoms. The molecule has 1 unspecified atom stereocenters. The van der Waals surface area contributed by atoms with Crippen LogP contribution in [0.1, 0.15) is 53.9 Å². The fraction of sp³-hybridized carbons (Fsp3) is 0.857. The number of nitrogens with one attached hydrogen (secondary N) is 3. The van der Waals surface area contributed by atoms with E-state index in [0.29, 0.717) is 6.04 Å². The normalized spacial score (nSPS) is 18.0. The third kappa shape index (κ3) is 5.28. The van der Waals surface area contributed by atoms with Crippen LogP contribution in [0, 0.1) is 10.8 Å². The van der Waals surface area contributed by atoms with Crippen LogP contribution in [0.5, 0.6) is 0 Å². The van der Waals surface area contributed by atoms with Gasteiger partial charge in [-0.2, -0.15) is 0 Å². The van der Waals surface area contributed by atoms with Gasteiger partial charge in [0.05, 0.1) is 11.6 Å². The highest BCUT2D eigenvalue weighted by atomic mass is 16.3. The van der Waals surface area contributed by atoms with Gasteiger partial charge >= 0.3 is 0 Å². The molecule has 19 heavy (non-hydrogen) atoms. The number of amidine groups is 1. The van der Waals surface area contributed by atoms with Crippen LogP contribution in [-0.2, 0) is 4.79 Å². The lowest BCUT2D eigenvalue weighted by Crippen LogP contribution is -2.55. The quantitative estimate of drug-likeness (QED) is 0.449. The van der Waals surface area contributed by atoms with Gasteiger partial charge in [0.15, 0.2) is 0 Å². The van der Waals surface area contributed by atoms with E-state index in [0.717, 1.165) is 12.8 Å². The minimum Gasteiger partial charge on any atom is -0.392 e. The smallest absolute Gasteiger partial charge is 0.244 e. The van der Waals surface area contributed by atoms with Crippen molar-refractivity contribution < 1.29 is 9.90 Å². The van der Waals surface area contributed by atoms with Gasteiger partial charge in [-0.1, -0.05) is 20.8 Å². The number of rotatable bonds is 5. The molecule has 0 aromatic rings. The Bertz CT molecular complexity index is 354. The van der Waals surface area contributed by atoms with E-state index in [4.69, 9.17) is 5.41 Å². The van der Waals surface area contributed by atoms with Crippen molar-refractivity contribution in [2.45, 2.75) is 71.6 Å². The molecule has 110 valence electrons. The Morgan fingerprint density at radius 1 is 1.32 bits per heavy atom. The summed E-state index contributed by atoms with van der Waals surface area (Å²) in [6.07, 6.45) is 1.74. The van der Waals surface area contributed by atoms with E-state index in [1.54, 1.807) is 0 Å². The van der Waals surface area contributed by atoms with E-state index in [9.17, 15) is 9.90 Å². The summed E-state index contributed by atoms with van der Waals surface area (Å²) in [7, 11) is 0. The lowest BCUT2D eigenvalue weighted by atomic mass is 9.87. The highest BCUT2D eigenvalue weighted by Gasteiger charge is 2.35. The number of carbonyl (C=O) groups excluding carboxylic acids is 1. The predicted molar refractivity (Wildman–Crippen MR) is 76.2 cm³/mol. The van der Waals surface area contributed by atoms with E-state index in [-0.39, 0.29) is 23.6 Å². The van der Waals surface area contributed by atoms with Crippen molar-refractivity contribution in [1.29, 1.82) is 5.41 Å². The highest BCUT2D eigenvalue weighted by Crippen LogP contribution is 2.23. The van der Waals surface area contributed by atoms with Crippen molar-refractivity contribution in [3.63, 3.8) is 0 Å². The summed E-state index contributed by atoms with van der Waals surface area (Å²) in [5.41, 5.74) is -0.973. The number of aliphatic hydroxyl groups excluding tert-OH is 1. The first-order valence-electron chi connectivity index (χ1n) is 6.87. The first kappa shape index (κ1) is 16.1. The highest BCUT2D eigenvalue weighted by molar-refractivity contribution is 6.00. The van der Waals surface area contributed by atoms with E-state index < -0.39 is 11.6 Å². The van der Waals surface area contributed by atoms with E-state index >= 15 is 0 Å². The van der Waals surface area contributed by atoms with E-state index in [2.05, 4.69) is 10.6 Å². The second-order valence-corrected chi connectivity index (χ2v) is 7.06. The standard InChI is InChI=1S/C14H27N3O2/c1-13(2,3)10(18)8-11(15)16-12(19)14(4,5)17-9-6-7-9/h9-10,17-18H,6-8H2,1-5H3,(H2,15,16,19). The zero-order valence-corrected chi connectivity index (χ0v) is 12.6. The second-order valence-electron chi connectivity index (χ2n) is 7.06. The summed E-state index contributed by atoms with van der Waals surface area (Å²) in [5, 5.41) is 23.5. The molecule has 0 aliphatic heterocycles. The van der Waals surface area contributed by atoms with Gasteiger partial charge in [0.2, 0.25) is 5.91 Å². The Morgan fingerprint density at radius 2 is 1.84 bits per heavy atom. The van der Waals surface area contributed by atoms with Crippen molar-refractivity contribution in [3.05, 3.63) is 0 Å². The molecule has 1 amide bonds. The van der Waals surface area contributed by atoms with Crippen molar-refractivity contribution in [2.75, 3.05) is 0 Å². The van der Waals surface area contributed by atoms with Gasteiger partial charge in [-0.05, 0) is 32.1 Å². The molecule has 1 atom stereocenters. The van der Waals surface area contributed by atoms with Crippen LogP contribution < -0.4 is 10.6 Å². The maximum Gasteiger partial charge on any atom is 0.244 e. The van der Waals surface area contributed by atoms with E-state index in [1.807, 2.05) is 34.6 Å². The van der Waals surface area contributed by atoms with Gasteiger partial charge in [0.25, 0.3) is 0 Å². The number of hydrogen-bond acceptors (Lipinski definition) is 4. The Kier molecular flexibility index (Phi) is 4.74. The Balaban J connectivity index is 2.44. The summed E-state index contributed by atoms with van der Waals surface area (Å²) < 4.78 is 0. The van der Waals surface area contributed by atoms with Gasteiger partial charge < -0.3 is 15.7 Å². The third-order valence-corrected chi connectivity index (χ3v) is 3.37. The molecule has 1 rings (SSSR count). The van der Waals surface area contributed by atoms with Crippen LogP contribution in [0.4, 0.5) is 0 Å². The minimum absolute atomic E-state index is 0.0677. The van der Waals surface area contributed by atoms with Gasteiger partial charge in [0, 0.05) is 12.5 Å². The number of amides is 1. The van der Waals surface area contributed by atoms with Crippen LogP contribution >= 0.6 is 0 Å². The molecule has 5 nitrogen and oxygen atoms in total. The maximum atomic E-state index is 12.1. The molecule has 0 spiro atoms. The molecule has 0 aromatic heterocycles. The fourth-order valence-electron chi connectivity index (χ4n) is 1.65. The molecule has 1 fully saturated rings. The molecule has 1 saturated carbocycles. The molecule has 0 saturated heterocycles. The van der Waals surface area contributed by atoms with Crippen LogP contribution in [0.3, 0.4) is 0 Å². The lowest BCUT2D eigenvalue weighted by Gasteiger charge is -2.28. The fourth-order valence-corrected chi connectivity index (χ4v) is 1.65. The largest absolute Gasteiger partial charge is 0.392 e. The van der Waals surface area contributed by atoms with Crippen molar-refractivity contribution in [3.8, 4) is 0 Å². The predicted octanol–water partition coefficient (Wildman–Crippen LogP) is 1.41. The van der Waals surface area contributed by atoms with Gasteiger partial charge in [-0.3, -0.25) is 10.2 Å².